The van der Waals surface area contributed by atoms with Crippen LogP contribution >= 0.6 is 0 Å². The van der Waals surface area contributed by atoms with Gasteiger partial charge in [-0.05, 0) is 23.8 Å². The molecule has 126 valence electrons. The highest BCUT2D eigenvalue weighted by Crippen LogP contribution is 2.30. The summed E-state index contributed by atoms with van der Waals surface area (Å²) in [5.41, 5.74) is 2.68. The minimum atomic E-state index is -0.00486. The predicted octanol–water partition coefficient (Wildman–Crippen LogP) is 3.23. The van der Waals surface area contributed by atoms with Crippen molar-refractivity contribution in [1.82, 2.24) is 14.9 Å². The number of benzene rings is 2. The summed E-state index contributed by atoms with van der Waals surface area (Å²) in [6.07, 6.45) is 4.11. The van der Waals surface area contributed by atoms with Crippen molar-refractivity contribution in [2.24, 2.45) is 0 Å². The van der Waals surface area contributed by atoms with Crippen molar-refractivity contribution in [1.29, 1.82) is 0 Å². The summed E-state index contributed by atoms with van der Waals surface area (Å²) in [7, 11) is 0. The first-order chi connectivity index (χ1) is 12.3. The molecular formula is C20H19N3O2. The van der Waals surface area contributed by atoms with E-state index in [9.17, 15) is 4.79 Å². The van der Waals surface area contributed by atoms with Crippen LogP contribution in [0, 0.1) is 0 Å². The van der Waals surface area contributed by atoms with Gasteiger partial charge in [-0.1, -0.05) is 30.3 Å². The van der Waals surface area contributed by atoms with Crippen molar-refractivity contribution in [3.8, 4) is 5.75 Å². The summed E-state index contributed by atoms with van der Waals surface area (Å²) in [5.74, 6) is 0.635. The van der Waals surface area contributed by atoms with E-state index < -0.39 is 0 Å². The summed E-state index contributed by atoms with van der Waals surface area (Å²) in [6, 6.07) is 11.8. The van der Waals surface area contributed by atoms with E-state index >= 15 is 0 Å². The van der Waals surface area contributed by atoms with Gasteiger partial charge < -0.3 is 9.64 Å². The van der Waals surface area contributed by atoms with E-state index in [1.54, 1.807) is 12.5 Å². The Morgan fingerprint density at radius 1 is 1.24 bits per heavy atom. The average Bonchev–Trinajstić information content (AvgIpc) is 2.67. The molecule has 0 N–H and O–H groups in total. The second kappa shape index (κ2) is 6.51. The molecule has 1 aliphatic heterocycles. The Balaban J connectivity index is 1.76. The molecule has 5 heteroatoms. The third-order valence-electron chi connectivity index (χ3n) is 4.55. The van der Waals surface area contributed by atoms with Gasteiger partial charge >= 0.3 is 0 Å². The van der Waals surface area contributed by atoms with Gasteiger partial charge in [0.05, 0.1) is 17.9 Å². The number of aromatic nitrogens is 2. The molecule has 5 nitrogen and oxygen atoms in total. The molecule has 25 heavy (non-hydrogen) atoms. The number of rotatable bonds is 3. The minimum Gasteiger partial charge on any atom is -0.493 e. The first-order valence-corrected chi connectivity index (χ1v) is 8.49. The molecule has 0 saturated carbocycles. The molecule has 0 unspecified atom stereocenters. The van der Waals surface area contributed by atoms with Gasteiger partial charge in [-0.15, -0.1) is 0 Å². The fraction of sp³-hybridized carbons (Fsp3) is 0.250. The van der Waals surface area contributed by atoms with E-state index in [2.05, 4.69) is 9.97 Å². The summed E-state index contributed by atoms with van der Waals surface area (Å²) in [5, 5.41) is 1.96. The number of carbonyl (C=O) groups is 1. The Kier molecular flexibility index (Phi) is 4.06. The van der Waals surface area contributed by atoms with Crippen LogP contribution in [0.25, 0.3) is 10.8 Å². The van der Waals surface area contributed by atoms with E-state index in [0.29, 0.717) is 31.0 Å². The zero-order chi connectivity index (χ0) is 17.2. The van der Waals surface area contributed by atoms with Crippen molar-refractivity contribution >= 4 is 16.7 Å². The van der Waals surface area contributed by atoms with Crippen LogP contribution in [0.15, 0.2) is 48.9 Å². The lowest BCUT2D eigenvalue weighted by molar-refractivity contribution is 0.0731. The lowest BCUT2D eigenvalue weighted by Gasteiger charge is -2.29. The van der Waals surface area contributed by atoms with E-state index in [-0.39, 0.29) is 5.91 Å². The normalized spacial score (nSPS) is 13.6. The maximum atomic E-state index is 13.3. The molecule has 2 heterocycles. The molecular weight excluding hydrogens is 314 g/mol. The number of hydrogen-bond donors (Lipinski definition) is 0. The van der Waals surface area contributed by atoms with E-state index in [1.165, 1.54) is 0 Å². The van der Waals surface area contributed by atoms with Crippen molar-refractivity contribution in [2.45, 2.75) is 19.9 Å². The SMILES string of the molecule is CCOc1ccc2ccccc2c1C(=O)N1CCc2ncncc2C1. The van der Waals surface area contributed by atoms with Gasteiger partial charge in [0.2, 0.25) is 0 Å². The van der Waals surface area contributed by atoms with Crippen molar-refractivity contribution in [3.63, 3.8) is 0 Å². The summed E-state index contributed by atoms with van der Waals surface area (Å²) >= 11 is 0. The number of amides is 1. The number of carbonyl (C=O) groups excluding carboxylic acids is 1. The molecule has 0 bridgehead atoms. The number of nitrogens with zero attached hydrogens (tertiary/aromatic N) is 3. The minimum absolute atomic E-state index is 0.00486. The zero-order valence-corrected chi connectivity index (χ0v) is 14.1. The second-order valence-corrected chi connectivity index (χ2v) is 6.06. The van der Waals surface area contributed by atoms with E-state index in [0.717, 1.165) is 28.5 Å². The standard InChI is InChI=1S/C20H19N3O2/c1-2-25-18-8-7-14-5-3-4-6-16(14)19(18)20(24)23-10-9-17-15(12-23)11-21-13-22-17/h3-8,11,13H,2,9-10,12H2,1H3. The van der Waals surface area contributed by atoms with Crippen LogP contribution in [0.5, 0.6) is 5.75 Å². The lowest BCUT2D eigenvalue weighted by Crippen LogP contribution is -2.36. The van der Waals surface area contributed by atoms with Gasteiger partial charge in [0.25, 0.3) is 5.91 Å². The van der Waals surface area contributed by atoms with Crippen LogP contribution in [0.1, 0.15) is 28.5 Å². The molecule has 0 atom stereocenters. The van der Waals surface area contributed by atoms with Crippen LogP contribution < -0.4 is 4.74 Å². The maximum absolute atomic E-state index is 13.3. The third-order valence-corrected chi connectivity index (χ3v) is 4.55. The fourth-order valence-corrected chi connectivity index (χ4v) is 3.35. The molecule has 0 aliphatic carbocycles. The molecule has 2 aromatic carbocycles. The highest BCUT2D eigenvalue weighted by Gasteiger charge is 2.26. The van der Waals surface area contributed by atoms with Crippen LogP contribution in [0.4, 0.5) is 0 Å². The Morgan fingerprint density at radius 2 is 2.12 bits per heavy atom. The smallest absolute Gasteiger partial charge is 0.258 e. The summed E-state index contributed by atoms with van der Waals surface area (Å²) in [4.78, 5) is 23.6. The molecule has 0 saturated heterocycles. The molecule has 0 fully saturated rings. The first kappa shape index (κ1) is 15.6. The van der Waals surface area contributed by atoms with Gasteiger partial charge in [-0.3, -0.25) is 4.79 Å². The maximum Gasteiger partial charge on any atom is 0.258 e. The molecule has 1 aliphatic rings. The van der Waals surface area contributed by atoms with Crippen molar-refractivity contribution < 1.29 is 9.53 Å². The van der Waals surface area contributed by atoms with Gasteiger partial charge in [-0.2, -0.15) is 0 Å². The number of hydrogen-bond acceptors (Lipinski definition) is 4. The highest BCUT2D eigenvalue weighted by atomic mass is 16.5. The zero-order valence-electron chi connectivity index (χ0n) is 14.1. The van der Waals surface area contributed by atoms with Crippen molar-refractivity contribution in [3.05, 3.63) is 65.7 Å². The largest absolute Gasteiger partial charge is 0.493 e. The van der Waals surface area contributed by atoms with Gasteiger partial charge in [0, 0.05) is 31.3 Å². The first-order valence-electron chi connectivity index (χ1n) is 8.49. The van der Waals surface area contributed by atoms with E-state index in [4.69, 9.17) is 4.74 Å². The monoisotopic (exact) mass is 333 g/mol. The van der Waals surface area contributed by atoms with Gasteiger partial charge in [0.15, 0.2) is 0 Å². The Bertz CT molecular complexity index is 939. The van der Waals surface area contributed by atoms with Gasteiger partial charge in [0.1, 0.15) is 12.1 Å². The predicted molar refractivity (Wildman–Crippen MR) is 95.6 cm³/mol. The second-order valence-electron chi connectivity index (χ2n) is 6.06. The fourth-order valence-electron chi connectivity index (χ4n) is 3.35. The Hall–Kier alpha value is -2.95. The topological polar surface area (TPSA) is 55.3 Å². The molecule has 4 rings (SSSR count). The quantitative estimate of drug-likeness (QED) is 0.738. The van der Waals surface area contributed by atoms with Gasteiger partial charge in [-0.25, -0.2) is 9.97 Å². The average molecular weight is 333 g/mol. The summed E-state index contributed by atoms with van der Waals surface area (Å²) < 4.78 is 5.75. The molecule has 0 radical (unpaired) electrons. The number of ether oxygens (including phenoxy) is 1. The lowest BCUT2D eigenvalue weighted by atomic mass is 10.0. The van der Waals surface area contributed by atoms with Crippen LogP contribution in [-0.4, -0.2) is 33.9 Å². The molecule has 0 spiro atoms. The molecule has 1 aromatic heterocycles. The third kappa shape index (κ3) is 2.82. The molecule has 3 aromatic rings. The van der Waals surface area contributed by atoms with Crippen LogP contribution in [0.3, 0.4) is 0 Å². The number of fused-ring (bicyclic) bond motifs is 2. The summed E-state index contributed by atoms with van der Waals surface area (Å²) in [6.45, 7) is 3.63. The van der Waals surface area contributed by atoms with Crippen LogP contribution in [0.2, 0.25) is 0 Å². The van der Waals surface area contributed by atoms with Crippen LogP contribution in [-0.2, 0) is 13.0 Å². The Morgan fingerprint density at radius 3 is 3.00 bits per heavy atom. The van der Waals surface area contributed by atoms with Crippen molar-refractivity contribution in [2.75, 3.05) is 13.2 Å². The van der Waals surface area contributed by atoms with E-state index in [1.807, 2.05) is 48.2 Å². The Labute approximate surface area is 146 Å². The highest BCUT2D eigenvalue weighted by molar-refractivity contribution is 6.09. The molecule has 1 amide bonds.